The number of hydrogen-bond donors (Lipinski definition) is 3. The molecule has 2 aliphatic heterocycles. The molecule has 9 nitrogen and oxygen atoms in total. The van der Waals surface area contributed by atoms with Gasteiger partial charge in [0.05, 0.1) is 6.33 Å². The summed E-state index contributed by atoms with van der Waals surface area (Å²) in [7, 11) is 0. The van der Waals surface area contributed by atoms with Gasteiger partial charge in [-0.3, -0.25) is 5.41 Å². The molecule has 3 rings (SSSR count). The number of nitrogen functional groups attached to an aromatic ring is 1. The molecule has 0 saturated carbocycles. The Morgan fingerprint density at radius 1 is 1.28 bits per heavy atom. The average Bonchev–Trinajstić information content (AvgIpc) is 2.87. The Morgan fingerprint density at radius 3 is 2.89 bits per heavy atom. The van der Waals surface area contributed by atoms with Gasteiger partial charge in [0.1, 0.15) is 23.1 Å². The maximum atomic E-state index is 9.09. The van der Waals surface area contributed by atoms with Gasteiger partial charge in [-0.1, -0.05) is 0 Å². The van der Waals surface area contributed by atoms with Crippen LogP contribution in [-0.2, 0) is 0 Å². The van der Waals surface area contributed by atoms with Crippen LogP contribution in [0.3, 0.4) is 0 Å². The quantitative estimate of drug-likeness (QED) is 0.463. The first kappa shape index (κ1) is 10.0. The maximum Gasteiger partial charge on any atom is 0.244 e. The number of nitriles is 1. The Balaban J connectivity index is 2.60. The molecule has 3 heterocycles. The number of rotatable bonds is 0. The lowest BCUT2D eigenvalue weighted by Gasteiger charge is -1.97. The van der Waals surface area contributed by atoms with Crippen LogP contribution in [0.4, 0.5) is 5.82 Å². The second kappa shape index (κ2) is 3.42. The van der Waals surface area contributed by atoms with Gasteiger partial charge in [-0.05, 0) is 0 Å². The van der Waals surface area contributed by atoms with Gasteiger partial charge in [-0.15, -0.1) is 0 Å². The van der Waals surface area contributed by atoms with Crippen molar-refractivity contribution in [2.24, 2.45) is 0 Å². The van der Waals surface area contributed by atoms with E-state index in [1.54, 1.807) is 0 Å². The Bertz CT molecular complexity index is 828. The molecule has 0 bridgehead atoms. The fraction of sp³-hybridized carbons (Fsp3) is 0. The minimum absolute atomic E-state index is 0.0148. The smallest absolute Gasteiger partial charge is 0.244 e. The third-order valence-electron chi connectivity index (χ3n) is 2.29. The predicted molar refractivity (Wildman–Crippen MR) is 58.9 cm³/mol. The maximum absolute atomic E-state index is 9.09. The first-order chi connectivity index (χ1) is 8.69. The summed E-state index contributed by atoms with van der Waals surface area (Å²) in [6, 6.07) is 1.89. The molecule has 0 amide bonds. The van der Waals surface area contributed by atoms with Crippen molar-refractivity contribution in [2.45, 2.75) is 0 Å². The summed E-state index contributed by atoms with van der Waals surface area (Å²) >= 11 is 0. The predicted octanol–water partition coefficient (Wildman–Crippen LogP) is -0.819. The van der Waals surface area contributed by atoms with Crippen LogP contribution in [0.5, 0.6) is 0 Å². The highest BCUT2D eigenvalue weighted by Gasteiger charge is 2.17. The molecule has 0 atom stereocenters. The zero-order chi connectivity index (χ0) is 12.7. The Hall–Kier alpha value is -3.15. The molecule has 9 heteroatoms. The first-order valence-corrected chi connectivity index (χ1v) is 4.82. The van der Waals surface area contributed by atoms with Gasteiger partial charge in [0.2, 0.25) is 5.62 Å². The highest BCUT2D eigenvalue weighted by Crippen LogP contribution is 2.20. The molecule has 0 unspecified atom stereocenters. The number of aromatic amines is 1. The summed E-state index contributed by atoms with van der Waals surface area (Å²) in [5.41, 5.74) is 6.31. The Labute approximate surface area is 99.2 Å². The molecule has 1 aromatic heterocycles. The van der Waals surface area contributed by atoms with Crippen molar-refractivity contribution in [3.8, 4) is 17.6 Å². The minimum atomic E-state index is -0.233. The lowest BCUT2D eigenvalue weighted by molar-refractivity contribution is 1.04. The van der Waals surface area contributed by atoms with E-state index in [0.717, 1.165) is 0 Å². The van der Waals surface area contributed by atoms with Crippen LogP contribution in [0.15, 0.2) is 6.33 Å². The van der Waals surface area contributed by atoms with E-state index < -0.39 is 0 Å². The molecule has 0 radical (unpaired) electrons. The molecule has 0 fully saturated rings. The molecule has 0 spiro atoms. The molecular formula is C9H5N9. The van der Waals surface area contributed by atoms with Crippen LogP contribution in [0, 0.1) is 16.7 Å². The Morgan fingerprint density at radius 2 is 2.11 bits per heavy atom. The number of nitrogens with zero attached hydrogens (tertiary/aromatic N) is 6. The van der Waals surface area contributed by atoms with Crippen molar-refractivity contribution in [1.82, 2.24) is 29.9 Å². The van der Waals surface area contributed by atoms with E-state index in [4.69, 9.17) is 16.4 Å². The average molecular weight is 239 g/mol. The highest BCUT2D eigenvalue weighted by molar-refractivity contribution is 5.74. The monoisotopic (exact) mass is 239 g/mol. The van der Waals surface area contributed by atoms with Crippen molar-refractivity contribution >= 4 is 17.1 Å². The topological polar surface area (TPSA) is 154 Å². The minimum Gasteiger partial charge on any atom is -0.382 e. The summed E-state index contributed by atoms with van der Waals surface area (Å²) in [4.78, 5) is 22.4. The number of anilines is 1. The van der Waals surface area contributed by atoms with E-state index in [0.29, 0.717) is 5.65 Å². The van der Waals surface area contributed by atoms with E-state index in [9.17, 15) is 0 Å². The lowest BCUT2D eigenvalue weighted by atomic mass is 10.2. The molecular weight excluding hydrogens is 234 g/mol. The number of nitrogens with two attached hydrogens (primary N) is 1. The number of nitrogens with one attached hydrogen (secondary N) is 2. The van der Waals surface area contributed by atoms with Gasteiger partial charge in [-0.2, -0.15) is 10.2 Å². The van der Waals surface area contributed by atoms with Gasteiger partial charge in [0.25, 0.3) is 0 Å². The second-order valence-corrected chi connectivity index (χ2v) is 3.39. The van der Waals surface area contributed by atoms with Crippen LogP contribution in [0.25, 0.3) is 22.8 Å². The number of aromatic nitrogens is 6. The van der Waals surface area contributed by atoms with Crippen molar-refractivity contribution < 1.29 is 0 Å². The molecule has 0 saturated heterocycles. The van der Waals surface area contributed by atoms with Gasteiger partial charge >= 0.3 is 0 Å². The van der Waals surface area contributed by atoms with Gasteiger partial charge < -0.3 is 10.7 Å². The van der Waals surface area contributed by atoms with Gasteiger partial charge in [0, 0.05) is 0 Å². The van der Waals surface area contributed by atoms with Crippen LogP contribution in [-0.4, -0.2) is 29.9 Å². The van der Waals surface area contributed by atoms with Crippen molar-refractivity contribution in [3.63, 3.8) is 0 Å². The zero-order valence-corrected chi connectivity index (χ0v) is 8.84. The molecule has 2 aliphatic rings. The second-order valence-electron chi connectivity index (χ2n) is 3.39. The van der Waals surface area contributed by atoms with E-state index >= 15 is 0 Å². The fourth-order valence-electron chi connectivity index (χ4n) is 1.53. The van der Waals surface area contributed by atoms with Crippen LogP contribution in [0.1, 0.15) is 5.56 Å². The van der Waals surface area contributed by atoms with Gasteiger partial charge in [-0.25, -0.2) is 19.9 Å². The molecule has 1 aromatic rings. The zero-order valence-electron chi connectivity index (χ0n) is 8.84. The molecule has 0 aliphatic carbocycles. The van der Waals surface area contributed by atoms with Gasteiger partial charge in [0.15, 0.2) is 17.1 Å². The molecule has 0 aromatic carbocycles. The normalized spacial score (nSPS) is 10.6. The summed E-state index contributed by atoms with van der Waals surface area (Å²) in [6.07, 6.45) is 1.40. The van der Waals surface area contributed by atoms with E-state index in [2.05, 4.69) is 29.9 Å². The van der Waals surface area contributed by atoms with E-state index in [1.165, 1.54) is 6.33 Å². The molecule has 86 valence electrons. The number of H-pyrrole nitrogens is 1. The number of fused-ring (bicyclic) bond motifs is 2. The standard InChI is InChI=1S/C9H5N9/c10-1-3-4-6(18-9(12)15-4)17-8-7(13-2-14-8)16-5(3)11/h2H,(H4,11,12,13,14,15,16,17,18). The number of hydrogen-bond acceptors (Lipinski definition) is 8. The fourth-order valence-corrected chi connectivity index (χ4v) is 1.53. The van der Waals surface area contributed by atoms with Crippen LogP contribution < -0.4 is 11.4 Å². The number of imidazole rings is 2. The summed E-state index contributed by atoms with van der Waals surface area (Å²) in [5, 5.41) is 16.5. The van der Waals surface area contributed by atoms with E-state index in [-0.39, 0.29) is 34.2 Å². The van der Waals surface area contributed by atoms with Crippen molar-refractivity contribution in [3.05, 3.63) is 17.5 Å². The molecule has 18 heavy (non-hydrogen) atoms. The largest absolute Gasteiger partial charge is 0.382 e. The van der Waals surface area contributed by atoms with Crippen molar-refractivity contribution in [1.29, 1.82) is 10.7 Å². The summed E-state index contributed by atoms with van der Waals surface area (Å²) in [6.45, 7) is 0. The van der Waals surface area contributed by atoms with Crippen LogP contribution >= 0.6 is 0 Å². The van der Waals surface area contributed by atoms with Crippen LogP contribution in [0.2, 0.25) is 0 Å². The van der Waals surface area contributed by atoms with E-state index in [1.807, 2.05) is 6.07 Å². The Kier molecular flexibility index (Phi) is 1.91. The summed E-state index contributed by atoms with van der Waals surface area (Å²) in [5.74, 6) is 0.127. The summed E-state index contributed by atoms with van der Waals surface area (Å²) < 4.78 is 0. The van der Waals surface area contributed by atoms with Crippen molar-refractivity contribution in [2.75, 3.05) is 5.73 Å². The highest BCUT2D eigenvalue weighted by atomic mass is 15.1. The molecule has 4 N–H and O–H groups in total. The lowest BCUT2D eigenvalue weighted by Crippen LogP contribution is -2.00. The third kappa shape index (κ3) is 1.33. The SMILES string of the molecule is N#Cc1c(N)nc2[nH]cnc2nc2nc(=N)nc1-2. The third-order valence-corrected chi connectivity index (χ3v) is 2.29. The first-order valence-electron chi connectivity index (χ1n) is 4.82.